The summed E-state index contributed by atoms with van der Waals surface area (Å²) < 4.78 is 4.72. The summed E-state index contributed by atoms with van der Waals surface area (Å²) in [4.78, 5) is 15.6. The molecule has 0 aliphatic heterocycles. The first-order valence-electron chi connectivity index (χ1n) is 3.93. The van der Waals surface area contributed by atoms with Crippen LogP contribution in [-0.4, -0.2) is 23.9 Å². The van der Waals surface area contributed by atoms with Crippen LogP contribution in [0.25, 0.3) is 0 Å². The van der Waals surface area contributed by atoms with E-state index < -0.39 is 11.6 Å². The maximum absolute atomic E-state index is 11.3. The average Bonchev–Trinajstić information content (AvgIpc) is 2.60. The van der Waals surface area contributed by atoms with Crippen LogP contribution in [0.15, 0.2) is 15.7 Å². The first-order valence-corrected chi connectivity index (χ1v) is 3.93. The number of hydrogen-bond donors (Lipinski definition) is 1. The molecule has 7 heteroatoms. The molecule has 0 aliphatic rings. The lowest BCUT2D eigenvalue weighted by Crippen LogP contribution is -2.21. The molecule has 1 aromatic rings. The van der Waals surface area contributed by atoms with Gasteiger partial charge in [0.25, 0.3) is 5.91 Å². The van der Waals surface area contributed by atoms with Gasteiger partial charge >= 0.3 is 0 Å². The van der Waals surface area contributed by atoms with Crippen LogP contribution in [0.1, 0.15) is 5.76 Å². The SMILES string of the molecule is CON=C(C#N)C(=O)Nc1cc(C)on1. The summed E-state index contributed by atoms with van der Waals surface area (Å²) in [5, 5.41) is 17.6. The number of aryl methyl sites for hydroxylation is 1. The molecule has 0 aromatic carbocycles. The van der Waals surface area contributed by atoms with Crippen molar-refractivity contribution in [3.8, 4) is 6.07 Å². The third-order valence-electron chi connectivity index (χ3n) is 1.37. The van der Waals surface area contributed by atoms with E-state index in [1.165, 1.54) is 13.2 Å². The molecule has 0 saturated carbocycles. The summed E-state index contributed by atoms with van der Waals surface area (Å²) in [6.07, 6.45) is 0. The third kappa shape index (κ3) is 2.80. The number of aromatic nitrogens is 1. The summed E-state index contributed by atoms with van der Waals surface area (Å²) >= 11 is 0. The van der Waals surface area contributed by atoms with Gasteiger partial charge < -0.3 is 14.7 Å². The molecule has 15 heavy (non-hydrogen) atoms. The van der Waals surface area contributed by atoms with Gasteiger partial charge in [0, 0.05) is 6.07 Å². The van der Waals surface area contributed by atoms with E-state index in [1.54, 1.807) is 13.0 Å². The number of nitrogens with zero attached hydrogens (tertiary/aromatic N) is 3. The van der Waals surface area contributed by atoms with Crippen LogP contribution in [0.3, 0.4) is 0 Å². The molecule has 7 nitrogen and oxygen atoms in total. The van der Waals surface area contributed by atoms with Gasteiger partial charge in [-0.25, -0.2) is 0 Å². The quantitative estimate of drug-likeness (QED) is 0.574. The molecule has 0 saturated heterocycles. The standard InChI is InChI=1S/C8H8N4O3/c1-5-3-7(12-15-5)10-8(13)6(4-9)11-14-2/h3H,1-2H3,(H,10,12,13). The van der Waals surface area contributed by atoms with Crippen molar-refractivity contribution < 1.29 is 14.2 Å². The van der Waals surface area contributed by atoms with Crippen LogP contribution in [0.2, 0.25) is 0 Å². The minimum Gasteiger partial charge on any atom is -0.398 e. The van der Waals surface area contributed by atoms with Crippen molar-refractivity contribution in [2.24, 2.45) is 5.16 Å². The second-order valence-corrected chi connectivity index (χ2v) is 2.51. The lowest BCUT2D eigenvalue weighted by molar-refractivity contribution is -0.110. The Morgan fingerprint density at radius 3 is 3.00 bits per heavy atom. The third-order valence-corrected chi connectivity index (χ3v) is 1.37. The molecular weight excluding hydrogens is 200 g/mol. The van der Waals surface area contributed by atoms with E-state index in [4.69, 9.17) is 9.78 Å². The lowest BCUT2D eigenvalue weighted by atomic mass is 10.4. The summed E-state index contributed by atoms with van der Waals surface area (Å²) in [6, 6.07) is 3.10. The second kappa shape index (κ2) is 4.76. The molecular formula is C8H8N4O3. The Bertz CT molecular complexity index is 429. The molecule has 78 valence electrons. The maximum atomic E-state index is 11.3. The van der Waals surface area contributed by atoms with Gasteiger partial charge in [0.1, 0.15) is 18.9 Å². The van der Waals surface area contributed by atoms with Gasteiger partial charge in [0.15, 0.2) is 5.82 Å². The molecule has 0 bridgehead atoms. The van der Waals surface area contributed by atoms with Crippen LogP contribution in [0.5, 0.6) is 0 Å². The predicted octanol–water partition coefficient (Wildman–Crippen LogP) is 0.447. The highest BCUT2D eigenvalue weighted by Crippen LogP contribution is 2.06. The van der Waals surface area contributed by atoms with E-state index in [0.29, 0.717) is 5.76 Å². The fourth-order valence-electron chi connectivity index (χ4n) is 0.805. The Hall–Kier alpha value is -2.36. The number of nitriles is 1. The Balaban J connectivity index is 2.71. The molecule has 1 aromatic heterocycles. The first-order chi connectivity index (χ1) is 7.17. The number of nitrogens with one attached hydrogen (secondary N) is 1. The zero-order valence-electron chi connectivity index (χ0n) is 8.14. The molecule has 0 radical (unpaired) electrons. The van der Waals surface area contributed by atoms with Gasteiger partial charge in [-0.05, 0) is 6.92 Å². The van der Waals surface area contributed by atoms with Crippen molar-refractivity contribution in [3.05, 3.63) is 11.8 Å². The van der Waals surface area contributed by atoms with Crippen molar-refractivity contribution in [3.63, 3.8) is 0 Å². The van der Waals surface area contributed by atoms with Gasteiger partial charge in [-0.1, -0.05) is 10.3 Å². The fraction of sp³-hybridized carbons (Fsp3) is 0.250. The molecule has 1 rings (SSSR count). The summed E-state index contributed by atoms with van der Waals surface area (Å²) in [5.74, 6) is 0.0664. The number of carbonyl (C=O) groups is 1. The van der Waals surface area contributed by atoms with Crippen molar-refractivity contribution in [2.75, 3.05) is 12.4 Å². The van der Waals surface area contributed by atoms with Crippen molar-refractivity contribution in [2.45, 2.75) is 6.92 Å². The Morgan fingerprint density at radius 1 is 1.80 bits per heavy atom. The topological polar surface area (TPSA) is 101 Å². The minimum absolute atomic E-state index is 0.219. The van der Waals surface area contributed by atoms with Gasteiger partial charge in [0.05, 0.1) is 0 Å². The summed E-state index contributed by atoms with van der Waals surface area (Å²) in [7, 11) is 1.24. The summed E-state index contributed by atoms with van der Waals surface area (Å²) in [6.45, 7) is 1.68. The Labute approximate surface area is 85.3 Å². The van der Waals surface area contributed by atoms with Crippen LogP contribution in [-0.2, 0) is 9.63 Å². The molecule has 1 amide bonds. The van der Waals surface area contributed by atoms with E-state index in [9.17, 15) is 4.79 Å². The normalized spacial score (nSPS) is 10.6. The van der Waals surface area contributed by atoms with Crippen LogP contribution >= 0.6 is 0 Å². The predicted molar refractivity (Wildman–Crippen MR) is 49.9 cm³/mol. The minimum atomic E-state index is -0.701. The van der Waals surface area contributed by atoms with Gasteiger partial charge in [0.2, 0.25) is 5.71 Å². The lowest BCUT2D eigenvalue weighted by Gasteiger charge is -1.96. The fourth-order valence-corrected chi connectivity index (χ4v) is 0.805. The Morgan fingerprint density at radius 2 is 2.53 bits per heavy atom. The van der Waals surface area contributed by atoms with E-state index in [2.05, 4.69) is 20.5 Å². The average molecular weight is 208 g/mol. The molecule has 1 heterocycles. The van der Waals surface area contributed by atoms with Crippen molar-refractivity contribution >= 4 is 17.4 Å². The van der Waals surface area contributed by atoms with Crippen LogP contribution in [0.4, 0.5) is 5.82 Å². The monoisotopic (exact) mass is 208 g/mol. The first kappa shape index (κ1) is 10.7. The van der Waals surface area contributed by atoms with Gasteiger partial charge in [-0.2, -0.15) is 5.26 Å². The summed E-state index contributed by atoms with van der Waals surface area (Å²) in [5.41, 5.74) is -0.391. The molecule has 0 atom stereocenters. The number of anilines is 1. The number of rotatable bonds is 3. The number of amides is 1. The molecule has 0 spiro atoms. The zero-order valence-corrected chi connectivity index (χ0v) is 8.14. The highest BCUT2D eigenvalue weighted by molar-refractivity contribution is 6.48. The van der Waals surface area contributed by atoms with Gasteiger partial charge in [-0.15, -0.1) is 0 Å². The highest BCUT2D eigenvalue weighted by atomic mass is 16.6. The maximum Gasteiger partial charge on any atom is 0.289 e. The molecule has 1 N–H and O–H groups in total. The van der Waals surface area contributed by atoms with Crippen molar-refractivity contribution in [1.82, 2.24) is 5.16 Å². The Kier molecular flexibility index (Phi) is 3.40. The smallest absolute Gasteiger partial charge is 0.289 e. The largest absolute Gasteiger partial charge is 0.398 e. The van der Waals surface area contributed by atoms with E-state index in [-0.39, 0.29) is 5.82 Å². The second-order valence-electron chi connectivity index (χ2n) is 2.51. The van der Waals surface area contributed by atoms with E-state index in [1.807, 2.05) is 0 Å². The zero-order chi connectivity index (χ0) is 11.3. The molecule has 0 fully saturated rings. The van der Waals surface area contributed by atoms with Crippen LogP contribution < -0.4 is 5.32 Å². The van der Waals surface area contributed by atoms with Gasteiger partial charge in [-0.3, -0.25) is 4.79 Å². The molecule has 0 aliphatic carbocycles. The number of carbonyl (C=O) groups excluding carboxylic acids is 1. The molecule has 0 unspecified atom stereocenters. The van der Waals surface area contributed by atoms with E-state index in [0.717, 1.165) is 0 Å². The number of oxime groups is 1. The highest BCUT2D eigenvalue weighted by Gasteiger charge is 2.13. The van der Waals surface area contributed by atoms with Crippen LogP contribution in [0, 0.1) is 18.3 Å². The van der Waals surface area contributed by atoms with Crippen molar-refractivity contribution in [1.29, 1.82) is 5.26 Å². The number of hydrogen-bond acceptors (Lipinski definition) is 6. The van der Waals surface area contributed by atoms with E-state index >= 15 is 0 Å².